The lowest BCUT2D eigenvalue weighted by Gasteiger charge is -2.13. The molecule has 2 aromatic carbocycles. The number of anilines is 2. The number of nitrogen functional groups attached to an aromatic ring is 1. The Morgan fingerprint density at radius 1 is 1.11 bits per heavy atom. The minimum atomic E-state index is -3.67. The Morgan fingerprint density at radius 2 is 1.79 bits per heavy atom. The number of benzene rings is 2. The van der Waals surface area contributed by atoms with Gasteiger partial charge in [0.25, 0.3) is 10.0 Å². The number of hydrogen-bond acceptors (Lipinski definition) is 3. The molecule has 0 radical (unpaired) electrons. The first-order valence-electron chi connectivity index (χ1n) is 5.54. The highest BCUT2D eigenvalue weighted by Crippen LogP contribution is 2.28. The lowest BCUT2D eigenvalue weighted by atomic mass is 10.2. The number of hydrogen-bond donors (Lipinski definition) is 2. The maximum atomic E-state index is 12.3. The lowest BCUT2D eigenvalue weighted by molar-refractivity contribution is 0.600. The summed E-state index contributed by atoms with van der Waals surface area (Å²) in [5, 5.41) is 0. The minimum Gasteiger partial charge on any atom is -0.397 e. The molecule has 0 aliphatic rings. The number of sulfonamides is 1. The Morgan fingerprint density at radius 3 is 2.42 bits per heavy atom. The number of nitrogens with one attached hydrogen (secondary N) is 1. The predicted octanol–water partition coefficient (Wildman–Crippen LogP) is 3.14. The Labute approximate surface area is 120 Å². The van der Waals surface area contributed by atoms with Crippen molar-refractivity contribution in [3.05, 3.63) is 52.5 Å². The van der Waals surface area contributed by atoms with E-state index in [2.05, 4.69) is 20.7 Å². The third kappa shape index (κ3) is 2.90. The van der Waals surface area contributed by atoms with E-state index in [0.717, 1.165) is 5.56 Å². The number of nitrogens with two attached hydrogens (primary N) is 1. The maximum Gasteiger partial charge on any atom is 0.263 e. The molecule has 0 fully saturated rings. The van der Waals surface area contributed by atoms with Crippen LogP contribution in [0.25, 0.3) is 0 Å². The van der Waals surface area contributed by atoms with Crippen LogP contribution in [0.15, 0.2) is 51.8 Å². The van der Waals surface area contributed by atoms with Crippen LogP contribution in [-0.4, -0.2) is 8.42 Å². The zero-order valence-corrected chi connectivity index (χ0v) is 12.6. The Hall–Kier alpha value is -1.53. The second-order valence-electron chi connectivity index (χ2n) is 4.08. The average Bonchev–Trinajstić information content (AvgIpc) is 2.34. The van der Waals surface area contributed by atoms with E-state index in [4.69, 9.17) is 5.73 Å². The van der Waals surface area contributed by atoms with Gasteiger partial charge < -0.3 is 5.73 Å². The van der Waals surface area contributed by atoms with E-state index in [-0.39, 0.29) is 4.90 Å². The van der Waals surface area contributed by atoms with E-state index in [1.165, 1.54) is 6.07 Å². The van der Waals surface area contributed by atoms with E-state index in [1.807, 2.05) is 0 Å². The van der Waals surface area contributed by atoms with E-state index < -0.39 is 10.0 Å². The number of halogens is 1. The van der Waals surface area contributed by atoms with E-state index in [0.29, 0.717) is 15.8 Å². The van der Waals surface area contributed by atoms with Gasteiger partial charge in [0.05, 0.1) is 11.4 Å². The van der Waals surface area contributed by atoms with Crippen LogP contribution >= 0.6 is 15.9 Å². The summed E-state index contributed by atoms with van der Waals surface area (Å²) in [5.41, 5.74) is 7.39. The molecular weight excluding hydrogens is 328 g/mol. The molecule has 0 amide bonds. The van der Waals surface area contributed by atoms with Gasteiger partial charge in [-0.1, -0.05) is 24.3 Å². The van der Waals surface area contributed by atoms with Crippen molar-refractivity contribution in [1.82, 2.24) is 0 Å². The molecule has 0 saturated heterocycles. The molecule has 0 bridgehead atoms. The normalized spacial score (nSPS) is 11.3. The fourth-order valence-electron chi connectivity index (χ4n) is 1.68. The predicted molar refractivity (Wildman–Crippen MR) is 80.5 cm³/mol. The molecule has 0 spiro atoms. The van der Waals surface area contributed by atoms with Crippen LogP contribution < -0.4 is 10.5 Å². The highest BCUT2D eigenvalue weighted by Gasteiger charge is 2.19. The summed E-state index contributed by atoms with van der Waals surface area (Å²) in [6.45, 7) is 1.80. The molecule has 4 nitrogen and oxygen atoms in total. The van der Waals surface area contributed by atoms with Crippen molar-refractivity contribution in [2.75, 3.05) is 10.5 Å². The Balaban J connectivity index is 2.46. The number of para-hydroxylation sites is 1. The molecule has 100 valence electrons. The summed E-state index contributed by atoms with van der Waals surface area (Å²) < 4.78 is 27.7. The van der Waals surface area contributed by atoms with Gasteiger partial charge in [-0.3, -0.25) is 4.72 Å². The summed E-state index contributed by atoms with van der Waals surface area (Å²) in [7, 11) is -3.67. The van der Waals surface area contributed by atoms with Crippen LogP contribution in [0.4, 0.5) is 11.4 Å². The number of aryl methyl sites for hydroxylation is 1. The second kappa shape index (κ2) is 5.22. The van der Waals surface area contributed by atoms with Gasteiger partial charge in [0, 0.05) is 4.47 Å². The monoisotopic (exact) mass is 340 g/mol. The smallest absolute Gasteiger partial charge is 0.263 e. The molecule has 2 rings (SSSR count). The fourth-order valence-corrected chi connectivity index (χ4v) is 3.85. The van der Waals surface area contributed by atoms with Gasteiger partial charge in [-0.05, 0) is 46.6 Å². The zero-order chi connectivity index (χ0) is 14.0. The largest absolute Gasteiger partial charge is 0.397 e. The second-order valence-corrected chi connectivity index (χ2v) is 6.58. The lowest BCUT2D eigenvalue weighted by Crippen LogP contribution is -2.15. The van der Waals surface area contributed by atoms with Crippen molar-refractivity contribution in [3.63, 3.8) is 0 Å². The van der Waals surface area contributed by atoms with Crippen LogP contribution in [0.1, 0.15) is 5.56 Å². The zero-order valence-electron chi connectivity index (χ0n) is 10.2. The van der Waals surface area contributed by atoms with Crippen molar-refractivity contribution in [2.45, 2.75) is 11.8 Å². The molecule has 3 N–H and O–H groups in total. The molecule has 0 aromatic heterocycles. The topological polar surface area (TPSA) is 72.2 Å². The average molecular weight is 341 g/mol. The molecule has 0 aliphatic carbocycles. The van der Waals surface area contributed by atoms with Gasteiger partial charge in [-0.25, -0.2) is 8.42 Å². The molecule has 0 aliphatic heterocycles. The first-order valence-corrected chi connectivity index (χ1v) is 7.82. The third-order valence-corrected chi connectivity index (χ3v) is 5.03. The van der Waals surface area contributed by atoms with Crippen molar-refractivity contribution in [2.24, 2.45) is 0 Å². The summed E-state index contributed by atoms with van der Waals surface area (Å²) in [6.07, 6.45) is 0. The van der Waals surface area contributed by atoms with Gasteiger partial charge in [-0.2, -0.15) is 0 Å². The fraction of sp³-hybridized carbons (Fsp3) is 0.0769. The van der Waals surface area contributed by atoms with Crippen molar-refractivity contribution in [3.8, 4) is 0 Å². The van der Waals surface area contributed by atoms with Gasteiger partial charge >= 0.3 is 0 Å². The standard InChI is InChI=1S/C13H13BrN2O2S/c1-9-5-4-7-11(15)13(9)16-19(17,18)12-8-3-2-6-10(12)14/h2-8,16H,15H2,1H3. The van der Waals surface area contributed by atoms with Crippen LogP contribution in [0.5, 0.6) is 0 Å². The van der Waals surface area contributed by atoms with E-state index in [9.17, 15) is 8.42 Å². The molecule has 0 unspecified atom stereocenters. The summed E-state index contributed by atoms with van der Waals surface area (Å²) >= 11 is 3.23. The summed E-state index contributed by atoms with van der Waals surface area (Å²) in [5.74, 6) is 0. The minimum absolute atomic E-state index is 0.178. The quantitative estimate of drug-likeness (QED) is 0.843. The highest BCUT2D eigenvalue weighted by molar-refractivity contribution is 9.10. The first-order chi connectivity index (χ1) is 8.92. The molecule has 6 heteroatoms. The van der Waals surface area contributed by atoms with Gasteiger partial charge in [0.15, 0.2) is 0 Å². The molecule has 0 heterocycles. The maximum absolute atomic E-state index is 12.3. The van der Waals surface area contributed by atoms with Gasteiger partial charge in [-0.15, -0.1) is 0 Å². The molecule has 19 heavy (non-hydrogen) atoms. The van der Waals surface area contributed by atoms with Crippen molar-refractivity contribution in [1.29, 1.82) is 0 Å². The molecule has 0 atom stereocenters. The van der Waals surface area contributed by atoms with Crippen LogP contribution in [0.3, 0.4) is 0 Å². The van der Waals surface area contributed by atoms with Gasteiger partial charge in [0.2, 0.25) is 0 Å². The van der Waals surface area contributed by atoms with Crippen molar-refractivity contribution < 1.29 is 8.42 Å². The van der Waals surface area contributed by atoms with E-state index >= 15 is 0 Å². The summed E-state index contributed by atoms with van der Waals surface area (Å²) in [4.78, 5) is 0.178. The molecule has 2 aromatic rings. The number of rotatable bonds is 3. The van der Waals surface area contributed by atoms with Crippen LogP contribution in [-0.2, 0) is 10.0 Å². The SMILES string of the molecule is Cc1cccc(N)c1NS(=O)(=O)c1ccccc1Br. The molecular formula is C13H13BrN2O2S. The molecule has 0 saturated carbocycles. The van der Waals surface area contributed by atoms with Crippen LogP contribution in [0, 0.1) is 6.92 Å². The Kier molecular flexibility index (Phi) is 3.82. The van der Waals surface area contributed by atoms with Crippen LogP contribution in [0.2, 0.25) is 0 Å². The van der Waals surface area contributed by atoms with Crippen molar-refractivity contribution >= 4 is 37.3 Å². The Bertz CT molecular complexity index is 694. The first kappa shape index (κ1) is 13.9. The third-order valence-electron chi connectivity index (χ3n) is 2.67. The summed E-state index contributed by atoms with van der Waals surface area (Å²) in [6, 6.07) is 11.9. The van der Waals surface area contributed by atoms with E-state index in [1.54, 1.807) is 43.3 Å². The van der Waals surface area contributed by atoms with Gasteiger partial charge in [0.1, 0.15) is 4.90 Å². The highest BCUT2D eigenvalue weighted by atomic mass is 79.9.